The molecule has 1 unspecified atom stereocenters. The van der Waals surface area contributed by atoms with Gasteiger partial charge in [-0.15, -0.1) is 12.4 Å². The van der Waals surface area contributed by atoms with E-state index in [2.05, 4.69) is 43.5 Å². The van der Waals surface area contributed by atoms with E-state index in [4.69, 9.17) is 4.42 Å². The predicted molar refractivity (Wildman–Crippen MR) is 105 cm³/mol. The molecule has 1 saturated heterocycles. The maximum absolute atomic E-state index is 12.2. The van der Waals surface area contributed by atoms with Crippen LogP contribution < -0.4 is 10.6 Å². The summed E-state index contributed by atoms with van der Waals surface area (Å²) in [6.45, 7) is 9.45. The second kappa shape index (κ2) is 8.72. The van der Waals surface area contributed by atoms with Gasteiger partial charge in [0.1, 0.15) is 5.58 Å². The number of carbonyl (C=O) groups is 1. The van der Waals surface area contributed by atoms with Gasteiger partial charge in [0, 0.05) is 17.5 Å². The van der Waals surface area contributed by atoms with Crippen LogP contribution in [0.15, 0.2) is 22.8 Å². The fourth-order valence-electron chi connectivity index (χ4n) is 3.62. The number of halogens is 1. The maximum atomic E-state index is 12.2. The van der Waals surface area contributed by atoms with Gasteiger partial charge < -0.3 is 15.1 Å². The van der Waals surface area contributed by atoms with Crippen LogP contribution in [0.3, 0.4) is 0 Å². The monoisotopic (exact) mass is 364 g/mol. The number of furan rings is 1. The minimum Gasteiger partial charge on any atom is -0.464 e. The number of nitrogens with one attached hydrogen (secondary N) is 2. The molecule has 2 aromatic rings. The zero-order valence-corrected chi connectivity index (χ0v) is 16.2. The Labute approximate surface area is 156 Å². The summed E-state index contributed by atoms with van der Waals surface area (Å²) in [4.78, 5) is 12.2. The third-order valence-corrected chi connectivity index (χ3v) is 5.05. The highest BCUT2D eigenvalue weighted by molar-refractivity contribution is 5.88. The largest absolute Gasteiger partial charge is 0.464 e. The molecule has 4 nitrogen and oxygen atoms in total. The molecule has 1 fully saturated rings. The van der Waals surface area contributed by atoms with Crippen molar-refractivity contribution in [3.05, 3.63) is 35.1 Å². The van der Waals surface area contributed by atoms with E-state index in [9.17, 15) is 4.79 Å². The second-order valence-electron chi connectivity index (χ2n) is 7.29. The van der Waals surface area contributed by atoms with Crippen LogP contribution in [-0.2, 0) is 11.2 Å². The number of amides is 1. The number of hydrogen-bond acceptors (Lipinski definition) is 3. The van der Waals surface area contributed by atoms with Gasteiger partial charge in [-0.2, -0.15) is 0 Å². The highest BCUT2D eigenvalue weighted by Gasteiger charge is 2.16. The summed E-state index contributed by atoms with van der Waals surface area (Å²) in [5, 5.41) is 7.48. The molecule has 0 bridgehead atoms. The van der Waals surface area contributed by atoms with E-state index in [1.807, 2.05) is 0 Å². The summed E-state index contributed by atoms with van der Waals surface area (Å²) in [6.07, 6.45) is 4.40. The van der Waals surface area contributed by atoms with Gasteiger partial charge >= 0.3 is 0 Å². The van der Waals surface area contributed by atoms with E-state index < -0.39 is 0 Å². The number of hydrogen-bond donors (Lipinski definition) is 2. The molecule has 1 aromatic carbocycles. The van der Waals surface area contributed by atoms with Gasteiger partial charge in [-0.25, -0.2) is 0 Å². The quantitative estimate of drug-likeness (QED) is 0.816. The third-order valence-electron chi connectivity index (χ3n) is 5.05. The topological polar surface area (TPSA) is 54.3 Å². The van der Waals surface area contributed by atoms with Gasteiger partial charge in [-0.05, 0) is 68.0 Å². The Bertz CT molecular complexity index is 718. The SMILES string of the molecule is Cc1cc2occ(CC(=O)NCCC3CCNC3)c2cc1C(C)C.Cl. The van der Waals surface area contributed by atoms with Crippen molar-refractivity contribution in [3.63, 3.8) is 0 Å². The normalized spacial score (nSPS) is 17.0. The van der Waals surface area contributed by atoms with Crippen LogP contribution in [0, 0.1) is 12.8 Å². The molecular formula is C20H29ClN2O2. The van der Waals surface area contributed by atoms with Gasteiger partial charge in [0.2, 0.25) is 5.91 Å². The average Bonchev–Trinajstić information content (AvgIpc) is 3.16. The molecule has 0 aliphatic carbocycles. The first-order chi connectivity index (χ1) is 11.5. The molecule has 1 aliphatic heterocycles. The molecule has 2 N–H and O–H groups in total. The van der Waals surface area contributed by atoms with Crippen molar-refractivity contribution in [3.8, 4) is 0 Å². The number of fused-ring (bicyclic) bond motifs is 1. The van der Waals surface area contributed by atoms with Crippen molar-refractivity contribution in [1.29, 1.82) is 0 Å². The number of benzene rings is 1. The lowest BCUT2D eigenvalue weighted by Gasteiger charge is -2.10. The summed E-state index contributed by atoms with van der Waals surface area (Å²) in [5.74, 6) is 1.25. The van der Waals surface area contributed by atoms with E-state index in [0.29, 0.717) is 18.3 Å². The molecule has 138 valence electrons. The van der Waals surface area contributed by atoms with Crippen molar-refractivity contribution in [2.24, 2.45) is 5.92 Å². The fourth-order valence-corrected chi connectivity index (χ4v) is 3.62. The zero-order valence-electron chi connectivity index (χ0n) is 15.4. The minimum absolute atomic E-state index is 0. The molecule has 1 aliphatic rings. The van der Waals surface area contributed by atoms with E-state index in [1.54, 1.807) is 6.26 Å². The summed E-state index contributed by atoms with van der Waals surface area (Å²) in [5.41, 5.74) is 4.41. The highest BCUT2D eigenvalue weighted by atomic mass is 35.5. The van der Waals surface area contributed by atoms with E-state index in [1.165, 1.54) is 17.5 Å². The first-order valence-electron chi connectivity index (χ1n) is 9.02. The average molecular weight is 365 g/mol. The first-order valence-corrected chi connectivity index (χ1v) is 9.02. The molecule has 3 rings (SSSR count). The van der Waals surface area contributed by atoms with E-state index >= 15 is 0 Å². The number of aryl methyl sites for hydroxylation is 1. The van der Waals surface area contributed by atoms with Crippen LogP contribution >= 0.6 is 12.4 Å². The Morgan fingerprint density at radius 1 is 1.40 bits per heavy atom. The second-order valence-corrected chi connectivity index (χ2v) is 7.29. The Morgan fingerprint density at radius 2 is 2.20 bits per heavy atom. The van der Waals surface area contributed by atoms with Crippen LogP contribution in [0.5, 0.6) is 0 Å². The molecule has 25 heavy (non-hydrogen) atoms. The lowest BCUT2D eigenvalue weighted by atomic mass is 9.95. The molecule has 5 heteroatoms. The predicted octanol–water partition coefficient (Wildman–Crippen LogP) is 3.94. The van der Waals surface area contributed by atoms with Gasteiger partial charge in [-0.1, -0.05) is 13.8 Å². The Balaban J connectivity index is 0.00000225. The van der Waals surface area contributed by atoms with E-state index in [-0.39, 0.29) is 18.3 Å². The summed E-state index contributed by atoms with van der Waals surface area (Å²) >= 11 is 0. The van der Waals surface area contributed by atoms with E-state index in [0.717, 1.165) is 42.6 Å². The molecule has 1 amide bonds. The Hall–Kier alpha value is -1.52. The molecule has 1 atom stereocenters. The minimum atomic E-state index is 0. The standard InChI is InChI=1S/C20H28N2O2.ClH/c1-13(2)17-10-18-16(12-24-19(18)8-14(17)3)9-20(23)22-7-5-15-4-6-21-11-15;/h8,10,12-13,15,21H,4-7,9,11H2,1-3H3,(H,22,23);1H. The number of rotatable bonds is 6. The Morgan fingerprint density at radius 3 is 2.88 bits per heavy atom. The lowest BCUT2D eigenvalue weighted by Crippen LogP contribution is -2.27. The smallest absolute Gasteiger partial charge is 0.224 e. The van der Waals surface area contributed by atoms with Gasteiger partial charge in [-0.3, -0.25) is 4.79 Å². The van der Waals surface area contributed by atoms with Crippen LogP contribution in [0.2, 0.25) is 0 Å². The van der Waals surface area contributed by atoms with Crippen molar-refractivity contribution in [1.82, 2.24) is 10.6 Å². The van der Waals surface area contributed by atoms with Crippen molar-refractivity contribution < 1.29 is 9.21 Å². The molecule has 2 heterocycles. The Kier molecular flexibility index (Phi) is 6.91. The molecular weight excluding hydrogens is 336 g/mol. The summed E-state index contributed by atoms with van der Waals surface area (Å²) < 4.78 is 5.66. The molecule has 1 aromatic heterocycles. The van der Waals surface area contributed by atoms with Crippen molar-refractivity contribution in [2.75, 3.05) is 19.6 Å². The zero-order chi connectivity index (χ0) is 17.1. The molecule has 0 saturated carbocycles. The van der Waals surface area contributed by atoms with Crippen LogP contribution in [0.1, 0.15) is 49.3 Å². The van der Waals surface area contributed by atoms with Gasteiger partial charge in [0.15, 0.2) is 0 Å². The van der Waals surface area contributed by atoms with Crippen LogP contribution in [0.25, 0.3) is 11.0 Å². The van der Waals surface area contributed by atoms with Gasteiger partial charge in [0.05, 0.1) is 12.7 Å². The fraction of sp³-hybridized carbons (Fsp3) is 0.550. The maximum Gasteiger partial charge on any atom is 0.224 e. The number of carbonyl (C=O) groups excluding carboxylic acids is 1. The van der Waals surface area contributed by atoms with Crippen LogP contribution in [0.4, 0.5) is 0 Å². The summed E-state index contributed by atoms with van der Waals surface area (Å²) in [7, 11) is 0. The van der Waals surface area contributed by atoms with Crippen molar-refractivity contribution >= 4 is 29.3 Å². The molecule has 0 radical (unpaired) electrons. The van der Waals surface area contributed by atoms with Crippen LogP contribution in [-0.4, -0.2) is 25.5 Å². The first kappa shape index (κ1) is 19.8. The van der Waals surface area contributed by atoms with Gasteiger partial charge in [0.25, 0.3) is 0 Å². The van der Waals surface area contributed by atoms with Crippen molar-refractivity contribution in [2.45, 2.75) is 46.0 Å². The molecule has 0 spiro atoms. The summed E-state index contributed by atoms with van der Waals surface area (Å²) in [6, 6.07) is 4.27. The lowest BCUT2D eigenvalue weighted by molar-refractivity contribution is -0.120. The highest BCUT2D eigenvalue weighted by Crippen LogP contribution is 2.29. The third kappa shape index (κ3) is 4.77.